The molecule has 2 heterocycles. The van der Waals surface area contributed by atoms with Crippen LogP contribution in [0.3, 0.4) is 0 Å². The number of aromatic amines is 1. The van der Waals surface area contributed by atoms with E-state index in [0.717, 1.165) is 4.47 Å². The quantitative estimate of drug-likeness (QED) is 0.803. The Kier molecular flexibility index (Phi) is 3.06. The Labute approximate surface area is 121 Å². The van der Waals surface area contributed by atoms with Crippen molar-refractivity contribution in [3.63, 3.8) is 0 Å². The maximum absolute atomic E-state index is 11.8. The standard InChI is InChI=1S/C13H9BrN2O4/c1-19-12(17)11-8-5-15-13(18)16-10(8)7-4-6(14)2-3-9(7)20-11/h2-5,11H,1H3,(H,15,16,18). The third-order valence-corrected chi connectivity index (χ3v) is 3.49. The number of nitrogens with zero attached hydrogens (tertiary/aromatic N) is 1. The highest BCUT2D eigenvalue weighted by molar-refractivity contribution is 9.10. The van der Waals surface area contributed by atoms with Crippen molar-refractivity contribution in [1.82, 2.24) is 9.97 Å². The second-order valence-corrected chi connectivity index (χ2v) is 5.10. The number of carbonyl (C=O) groups is 1. The molecule has 0 saturated carbocycles. The summed E-state index contributed by atoms with van der Waals surface area (Å²) < 4.78 is 11.2. The molecule has 1 aromatic carbocycles. The minimum Gasteiger partial charge on any atom is -0.473 e. The summed E-state index contributed by atoms with van der Waals surface area (Å²) in [5.41, 5.74) is 1.19. The molecule has 1 unspecified atom stereocenters. The Hall–Kier alpha value is -2.15. The van der Waals surface area contributed by atoms with Gasteiger partial charge in [0, 0.05) is 21.8 Å². The molecule has 20 heavy (non-hydrogen) atoms. The Morgan fingerprint density at radius 3 is 3.05 bits per heavy atom. The van der Waals surface area contributed by atoms with Crippen LogP contribution in [0, 0.1) is 0 Å². The van der Waals surface area contributed by atoms with E-state index in [-0.39, 0.29) is 0 Å². The van der Waals surface area contributed by atoms with E-state index in [0.29, 0.717) is 22.6 Å². The molecule has 6 nitrogen and oxygen atoms in total. The lowest BCUT2D eigenvalue weighted by Crippen LogP contribution is -2.26. The van der Waals surface area contributed by atoms with Crippen LogP contribution in [0.2, 0.25) is 0 Å². The summed E-state index contributed by atoms with van der Waals surface area (Å²) in [4.78, 5) is 29.6. The summed E-state index contributed by atoms with van der Waals surface area (Å²) in [6, 6.07) is 5.31. The zero-order valence-corrected chi connectivity index (χ0v) is 11.9. The first-order valence-corrected chi connectivity index (χ1v) is 6.53. The van der Waals surface area contributed by atoms with Crippen LogP contribution >= 0.6 is 15.9 Å². The number of nitrogens with one attached hydrogen (secondary N) is 1. The SMILES string of the molecule is COC(=O)C1Oc2ccc(Br)cc2-c2[nH]c(=O)ncc21. The van der Waals surface area contributed by atoms with Gasteiger partial charge in [-0.3, -0.25) is 0 Å². The van der Waals surface area contributed by atoms with E-state index in [9.17, 15) is 9.59 Å². The average Bonchev–Trinajstić information content (AvgIpc) is 2.45. The maximum atomic E-state index is 11.8. The lowest BCUT2D eigenvalue weighted by atomic mass is 9.99. The van der Waals surface area contributed by atoms with Gasteiger partial charge in [0.25, 0.3) is 0 Å². The van der Waals surface area contributed by atoms with Crippen LogP contribution < -0.4 is 10.4 Å². The third kappa shape index (κ3) is 2.00. The molecule has 7 heteroatoms. The fourth-order valence-electron chi connectivity index (χ4n) is 2.10. The summed E-state index contributed by atoms with van der Waals surface area (Å²) in [5.74, 6) is -0.0494. The number of esters is 1. The summed E-state index contributed by atoms with van der Waals surface area (Å²) in [6.45, 7) is 0. The molecule has 0 amide bonds. The van der Waals surface area contributed by atoms with Crippen LogP contribution in [-0.4, -0.2) is 23.0 Å². The summed E-state index contributed by atoms with van der Waals surface area (Å²) in [6.07, 6.45) is 0.396. The van der Waals surface area contributed by atoms with E-state index in [1.54, 1.807) is 18.2 Å². The number of hydrogen-bond acceptors (Lipinski definition) is 5. The smallest absolute Gasteiger partial charge is 0.351 e. The van der Waals surface area contributed by atoms with Gasteiger partial charge < -0.3 is 14.5 Å². The Bertz CT molecular complexity index is 756. The molecule has 0 bridgehead atoms. The van der Waals surface area contributed by atoms with Crippen molar-refractivity contribution >= 4 is 21.9 Å². The third-order valence-electron chi connectivity index (χ3n) is 2.99. The normalized spacial score (nSPS) is 15.8. The van der Waals surface area contributed by atoms with Gasteiger partial charge in [0.15, 0.2) is 0 Å². The molecular weight excluding hydrogens is 328 g/mol. The monoisotopic (exact) mass is 336 g/mol. The summed E-state index contributed by atoms with van der Waals surface area (Å²) >= 11 is 3.36. The minimum absolute atomic E-state index is 0.474. The number of fused-ring (bicyclic) bond motifs is 3. The van der Waals surface area contributed by atoms with Gasteiger partial charge in [-0.15, -0.1) is 0 Å². The van der Waals surface area contributed by atoms with Crippen molar-refractivity contribution < 1.29 is 14.3 Å². The van der Waals surface area contributed by atoms with Gasteiger partial charge in [-0.2, -0.15) is 0 Å². The van der Waals surface area contributed by atoms with E-state index < -0.39 is 17.8 Å². The van der Waals surface area contributed by atoms with Crippen LogP contribution in [0.4, 0.5) is 0 Å². The van der Waals surface area contributed by atoms with Crippen molar-refractivity contribution in [2.45, 2.75) is 6.10 Å². The van der Waals surface area contributed by atoms with Gasteiger partial charge in [-0.05, 0) is 18.2 Å². The van der Waals surface area contributed by atoms with E-state index >= 15 is 0 Å². The number of hydrogen-bond donors (Lipinski definition) is 1. The summed E-state index contributed by atoms with van der Waals surface area (Å²) in [5, 5.41) is 0. The fraction of sp³-hybridized carbons (Fsp3) is 0.154. The highest BCUT2D eigenvalue weighted by atomic mass is 79.9. The molecule has 3 rings (SSSR count). The molecule has 0 aliphatic carbocycles. The number of carbonyl (C=O) groups excluding carboxylic acids is 1. The molecule has 0 saturated heterocycles. The molecule has 2 aromatic rings. The fourth-order valence-corrected chi connectivity index (χ4v) is 2.46. The number of H-pyrrole nitrogens is 1. The molecule has 1 atom stereocenters. The second kappa shape index (κ2) is 4.75. The first-order valence-electron chi connectivity index (χ1n) is 5.74. The number of aromatic nitrogens is 2. The van der Waals surface area contributed by atoms with E-state index in [1.165, 1.54) is 13.3 Å². The predicted octanol–water partition coefficient (Wildman–Crippen LogP) is 1.81. The molecule has 1 aromatic heterocycles. The molecule has 1 aliphatic rings. The van der Waals surface area contributed by atoms with Crippen molar-refractivity contribution in [3.05, 3.63) is 44.9 Å². The van der Waals surface area contributed by atoms with Gasteiger partial charge in [-0.1, -0.05) is 15.9 Å². The second-order valence-electron chi connectivity index (χ2n) is 4.18. The summed E-state index contributed by atoms with van der Waals surface area (Å²) in [7, 11) is 1.28. The maximum Gasteiger partial charge on any atom is 0.351 e. The van der Waals surface area contributed by atoms with Gasteiger partial charge in [0.2, 0.25) is 6.10 Å². The Morgan fingerprint density at radius 2 is 2.30 bits per heavy atom. The molecule has 102 valence electrons. The Morgan fingerprint density at radius 1 is 1.50 bits per heavy atom. The molecule has 1 N–H and O–H groups in total. The zero-order valence-electron chi connectivity index (χ0n) is 10.3. The van der Waals surface area contributed by atoms with Gasteiger partial charge in [0.1, 0.15) is 5.75 Å². The van der Waals surface area contributed by atoms with Crippen molar-refractivity contribution in [2.24, 2.45) is 0 Å². The lowest BCUT2D eigenvalue weighted by Gasteiger charge is -2.26. The van der Waals surface area contributed by atoms with Crippen LogP contribution in [0.25, 0.3) is 11.3 Å². The minimum atomic E-state index is -0.937. The molecule has 0 radical (unpaired) electrons. The average molecular weight is 337 g/mol. The highest BCUT2D eigenvalue weighted by Gasteiger charge is 2.33. The highest BCUT2D eigenvalue weighted by Crippen LogP contribution is 2.41. The number of methoxy groups -OCH3 is 1. The molecular formula is C13H9BrN2O4. The molecule has 0 fully saturated rings. The lowest BCUT2D eigenvalue weighted by molar-refractivity contribution is -0.149. The van der Waals surface area contributed by atoms with Crippen LogP contribution in [0.5, 0.6) is 5.75 Å². The predicted molar refractivity (Wildman–Crippen MR) is 73.4 cm³/mol. The molecule has 0 spiro atoms. The van der Waals surface area contributed by atoms with Gasteiger partial charge in [-0.25, -0.2) is 14.6 Å². The first-order chi connectivity index (χ1) is 9.60. The van der Waals surface area contributed by atoms with E-state index in [4.69, 9.17) is 9.47 Å². The van der Waals surface area contributed by atoms with E-state index in [1.807, 2.05) is 0 Å². The number of rotatable bonds is 1. The van der Waals surface area contributed by atoms with Crippen LogP contribution in [0.1, 0.15) is 11.7 Å². The largest absolute Gasteiger partial charge is 0.473 e. The van der Waals surface area contributed by atoms with Gasteiger partial charge >= 0.3 is 11.7 Å². The van der Waals surface area contributed by atoms with Gasteiger partial charge in [0.05, 0.1) is 12.8 Å². The number of ether oxygens (including phenoxy) is 2. The number of benzene rings is 1. The van der Waals surface area contributed by atoms with Crippen LogP contribution in [-0.2, 0) is 9.53 Å². The topological polar surface area (TPSA) is 81.3 Å². The van der Waals surface area contributed by atoms with Crippen LogP contribution in [0.15, 0.2) is 33.7 Å². The van der Waals surface area contributed by atoms with Crippen molar-refractivity contribution in [1.29, 1.82) is 0 Å². The van der Waals surface area contributed by atoms with Crippen molar-refractivity contribution in [3.8, 4) is 17.0 Å². The molecule has 1 aliphatic heterocycles. The Balaban J connectivity index is 2.26. The first kappa shape index (κ1) is 12.9. The number of halogens is 1. The zero-order chi connectivity index (χ0) is 14.3. The van der Waals surface area contributed by atoms with Crippen molar-refractivity contribution in [2.75, 3.05) is 7.11 Å². The van der Waals surface area contributed by atoms with E-state index in [2.05, 4.69) is 25.9 Å².